The molecule has 1 aliphatic rings. The van der Waals surface area contributed by atoms with Gasteiger partial charge in [-0.05, 0) is 79.7 Å². The maximum absolute atomic E-state index is 12.3. The molecule has 5 rings (SSSR count). The van der Waals surface area contributed by atoms with E-state index in [0.717, 1.165) is 57.2 Å². The molecule has 2 aromatic heterocycles. The molecular weight excluding hydrogens is 536 g/mol. The Labute approximate surface area is 233 Å². The first-order chi connectivity index (χ1) is 18.9. The molecule has 0 radical (unpaired) electrons. The molecule has 0 aliphatic carbocycles. The number of rotatable bonds is 9. The van der Waals surface area contributed by atoms with Gasteiger partial charge in [0.15, 0.2) is 0 Å². The average Bonchev–Trinajstić information content (AvgIpc) is 2.95. The predicted molar refractivity (Wildman–Crippen MR) is 154 cm³/mol. The first-order valence-electron chi connectivity index (χ1n) is 13.0. The summed E-state index contributed by atoms with van der Waals surface area (Å²) in [7, 11) is -3.54. The van der Waals surface area contributed by atoms with Crippen LogP contribution in [0.25, 0.3) is 22.0 Å². The van der Waals surface area contributed by atoms with Crippen molar-refractivity contribution in [3.8, 4) is 22.9 Å². The molecule has 0 spiro atoms. The standard InChI is InChI=1S/C28H31ClN6O3S/c1-3-39(36,37)35(29)18-20-7-4-9-23-22(20)12-11-19(2)26(23)38-27-24(10-6-15-31-27)25-13-16-32-28(34-25)33-21-8-5-14-30-17-21/h4,6-7,9-13,15-16,21,30H,3,5,8,14,17-18H2,1-2H3,(H,32,33,34)/t21-/m0/s1. The number of aromatic nitrogens is 3. The lowest BCUT2D eigenvalue weighted by molar-refractivity contribution is 0.466. The lowest BCUT2D eigenvalue weighted by Gasteiger charge is -2.23. The molecule has 204 valence electrons. The number of hydrogen-bond donors (Lipinski definition) is 2. The Hall–Kier alpha value is -3.31. The van der Waals surface area contributed by atoms with Crippen molar-refractivity contribution in [1.82, 2.24) is 24.1 Å². The monoisotopic (exact) mass is 566 g/mol. The molecule has 0 amide bonds. The van der Waals surface area contributed by atoms with Crippen LogP contribution in [-0.4, -0.2) is 52.1 Å². The van der Waals surface area contributed by atoms with Gasteiger partial charge in [0.1, 0.15) is 5.75 Å². The molecule has 39 heavy (non-hydrogen) atoms. The minimum absolute atomic E-state index is 0.0413. The van der Waals surface area contributed by atoms with Crippen LogP contribution in [0.5, 0.6) is 11.6 Å². The molecule has 0 saturated carbocycles. The number of fused-ring (bicyclic) bond motifs is 1. The Morgan fingerprint density at radius 2 is 1.97 bits per heavy atom. The van der Waals surface area contributed by atoms with Gasteiger partial charge in [-0.15, -0.1) is 3.82 Å². The summed E-state index contributed by atoms with van der Waals surface area (Å²) in [5.74, 6) is 1.54. The molecule has 11 heteroatoms. The average molecular weight is 567 g/mol. The second-order valence-corrected chi connectivity index (χ2v) is 12.3. The van der Waals surface area contributed by atoms with E-state index >= 15 is 0 Å². The van der Waals surface area contributed by atoms with Crippen molar-refractivity contribution in [2.45, 2.75) is 39.3 Å². The van der Waals surface area contributed by atoms with Gasteiger partial charge in [-0.1, -0.05) is 30.3 Å². The third-order valence-electron chi connectivity index (χ3n) is 6.79. The quantitative estimate of drug-likeness (QED) is 0.264. The normalized spacial score (nSPS) is 15.9. The number of pyridine rings is 1. The Kier molecular flexibility index (Phi) is 8.27. The van der Waals surface area contributed by atoms with Crippen LogP contribution in [0, 0.1) is 6.92 Å². The van der Waals surface area contributed by atoms with Gasteiger partial charge in [0.25, 0.3) is 0 Å². The van der Waals surface area contributed by atoms with Gasteiger partial charge in [-0.2, -0.15) is 0 Å². The molecule has 4 aromatic rings. The molecule has 1 aliphatic heterocycles. The van der Waals surface area contributed by atoms with Crippen LogP contribution in [-0.2, 0) is 16.6 Å². The van der Waals surface area contributed by atoms with Crippen molar-refractivity contribution >= 4 is 38.5 Å². The highest BCUT2D eigenvalue weighted by Gasteiger charge is 2.21. The van der Waals surface area contributed by atoms with E-state index in [1.54, 1.807) is 19.3 Å². The van der Waals surface area contributed by atoms with Gasteiger partial charge in [0.05, 0.1) is 23.6 Å². The van der Waals surface area contributed by atoms with E-state index in [-0.39, 0.29) is 18.3 Å². The summed E-state index contributed by atoms with van der Waals surface area (Å²) >= 11 is 6.15. The van der Waals surface area contributed by atoms with E-state index in [2.05, 4.69) is 20.6 Å². The van der Waals surface area contributed by atoms with Gasteiger partial charge in [0, 0.05) is 30.4 Å². The highest BCUT2D eigenvalue weighted by atomic mass is 35.5. The number of halogens is 1. The first kappa shape index (κ1) is 27.3. The number of benzene rings is 2. The van der Waals surface area contributed by atoms with Crippen LogP contribution in [0.2, 0.25) is 0 Å². The van der Waals surface area contributed by atoms with Crippen molar-refractivity contribution in [3.05, 3.63) is 72.1 Å². The first-order valence-corrected chi connectivity index (χ1v) is 14.9. The van der Waals surface area contributed by atoms with Crippen molar-refractivity contribution in [2.24, 2.45) is 0 Å². The molecule has 0 bridgehead atoms. The fraction of sp³-hybridized carbons (Fsp3) is 0.321. The van der Waals surface area contributed by atoms with Gasteiger partial charge < -0.3 is 15.4 Å². The second-order valence-electron chi connectivity index (χ2n) is 9.48. The Morgan fingerprint density at radius 1 is 1.10 bits per heavy atom. The Morgan fingerprint density at radius 3 is 2.77 bits per heavy atom. The maximum Gasteiger partial charge on any atom is 0.228 e. The summed E-state index contributed by atoms with van der Waals surface area (Å²) in [6.45, 7) is 5.48. The third-order valence-corrected chi connectivity index (χ3v) is 9.00. The molecule has 1 fully saturated rings. The summed E-state index contributed by atoms with van der Waals surface area (Å²) in [6, 6.07) is 15.5. The van der Waals surface area contributed by atoms with Gasteiger partial charge in [-0.3, -0.25) is 0 Å². The molecule has 3 heterocycles. The van der Waals surface area contributed by atoms with E-state index in [4.69, 9.17) is 21.5 Å². The summed E-state index contributed by atoms with van der Waals surface area (Å²) in [4.78, 5) is 13.7. The fourth-order valence-electron chi connectivity index (χ4n) is 4.65. The highest BCUT2D eigenvalue weighted by Crippen LogP contribution is 2.38. The lowest BCUT2D eigenvalue weighted by atomic mass is 10.0. The smallest absolute Gasteiger partial charge is 0.228 e. The molecule has 2 N–H and O–H groups in total. The minimum Gasteiger partial charge on any atom is -0.437 e. The number of piperidine rings is 1. The van der Waals surface area contributed by atoms with Crippen LogP contribution in [0.4, 0.5) is 5.95 Å². The Bertz CT molecular complexity index is 1580. The van der Waals surface area contributed by atoms with E-state index in [9.17, 15) is 8.42 Å². The molecular formula is C28H31ClN6O3S. The number of nitrogens with one attached hydrogen (secondary N) is 2. The van der Waals surface area contributed by atoms with E-state index in [0.29, 0.717) is 23.3 Å². The largest absolute Gasteiger partial charge is 0.437 e. The van der Waals surface area contributed by atoms with Gasteiger partial charge in [0.2, 0.25) is 21.9 Å². The van der Waals surface area contributed by atoms with E-state index in [1.807, 2.05) is 55.5 Å². The third kappa shape index (κ3) is 6.14. The fourth-order valence-corrected chi connectivity index (χ4v) is 5.69. The topological polar surface area (TPSA) is 109 Å². The zero-order valence-corrected chi connectivity index (χ0v) is 23.5. The predicted octanol–water partition coefficient (Wildman–Crippen LogP) is 5.26. The zero-order valence-electron chi connectivity index (χ0n) is 21.9. The number of sulfonamides is 1. The van der Waals surface area contributed by atoms with Crippen molar-refractivity contribution in [2.75, 3.05) is 24.2 Å². The second kappa shape index (κ2) is 11.8. The minimum atomic E-state index is -3.54. The van der Waals surface area contributed by atoms with Crippen LogP contribution < -0.4 is 15.4 Å². The van der Waals surface area contributed by atoms with Crippen LogP contribution in [0.1, 0.15) is 30.9 Å². The zero-order chi connectivity index (χ0) is 27.4. The van der Waals surface area contributed by atoms with E-state index in [1.165, 1.54) is 0 Å². The highest BCUT2D eigenvalue weighted by molar-refractivity contribution is 7.89. The van der Waals surface area contributed by atoms with Crippen LogP contribution >= 0.6 is 11.8 Å². The van der Waals surface area contributed by atoms with Crippen molar-refractivity contribution < 1.29 is 13.2 Å². The molecule has 9 nitrogen and oxygen atoms in total. The van der Waals surface area contributed by atoms with Gasteiger partial charge in [-0.25, -0.2) is 23.4 Å². The van der Waals surface area contributed by atoms with Crippen LogP contribution in [0.15, 0.2) is 60.9 Å². The molecule has 2 aromatic carbocycles. The summed E-state index contributed by atoms with van der Waals surface area (Å²) in [5.41, 5.74) is 3.11. The van der Waals surface area contributed by atoms with Gasteiger partial charge >= 0.3 is 0 Å². The molecule has 0 unspecified atom stereocenters. The lowest BCUT2D eigenvalue weighted by Crippen LogP contribution is -2.38. The SMILES string of the molecule is CCS(=O)(=O)N(Cl)Cc1cccc2c(Oc3ncccc3-c3ccnc(N[C@H]4CCCNC4)n3)c(C)ccc12. The van der Waals surface area contributed by atoms with Crippen molar-refractivity contribution in [3.63, 3.8) is 0 Å². The van der Waals surface area contributed by atoms with Crippen molar-refractivity contribution in [1.29, 1.82) is 0 Å². The summed E-state index contributed by atoms with van der Waals surface area (Å²) in [6.07, 6.45) is 5.59. The molecule has 1 atom stereocenters. The maximum atomic E-state index is 12.3. The number of ether oxygens (including phenoxy) is 1. The number of nitrogens with zero attached hydrogens (tertiary/aromatic N) is 4. The number of anilines is 1. The van der Waals surface area contributed by atoms with E-state index < -0.39 is 10.0 Å². The van der Waals surface area contributed by atoms with Crippen LogP contribution in [0.3, 0.4) is 0 Å². The Balaban J connectivity index is 1.48. The number of aryl methyl sites for hydroxylation is 1. The summed E-state index contributed by atoms with van der Waals surface area (Å²) < 4.78 is 31.8. The number of hydrogen-bond acceptors (Lipinski definition) is 8. The summed E-state index contributed by atoms with van der Waals surface area (Å²) in [5, 5.41) is 8.50. The molecule has 1 saturated heterocycles.